The first kappa shape index (κ1) is 11.2. The molecule has 1 aliphatic rings. The molecule has 0 N–H and O–H groups in total. The van der Waals surface area contributed by atoms with Gasteiger partial charge in [-0.2, -0.15) is 0 Å². The first-order valence-electron chi connectivity index (χ1n) is 5.62. The lowest BCUT2D eigenvalue weighted by atomic mass is 9.95. The monoisotopic (exact) mass is 268 g/mol. The largest absolute Gasteiger partial charge is 0.370 e. The van der Waals surface area contributed by atoms with Crippen molar-refractivity contribution in [2.75, 3.05) is 0 Å². The quantitative estimate of drug-likeness (QED) is 0.749. The Balaban J connectivity index is 1.97. The van der Waals surface area contributed by atoms with E-state index in [9.17, 15) is 0 Å². The van der Waals surface area contributed by atoms with Gasteiger partial charge in [-0.1, -0.05) is 48.0 Å². The minimum absolute atomic E-state index is 0.497. The fraction of sp³-hybridized carbons (Fsp3) is 0.538. The zero-order chi connectivity index (χ0) is 10.8. The van der Waals surface area contributed by atoms with Crippen molar-refractivity contribution in [1.29, 1.82) is 0 Å². The van der Waals surface area contributed by atoms with Crippen LogP contribution in [0.2, 0.25) is 0 Å². The molecule has 1 saturated heterocycles. The summed E-state index contributed by atoms with van der Waals surface area (Å²) in [6, 6.07) is 8.46. The first-order chi connectivity index (χ1) is 7.22. The number of ether oxygens (including phenoxy) is 1. The molecule has 1 aromatic rings. The molecule has 0 spiro atoms. The Kier molecular flexibility index (Phi) is 3.47. The van der Waals surface area contributed by atoms with Gasteiger partial charge < -0.3 is 4.74 Å². The maximum atomic E-state index is 5.58. The van der Waals surface area contributed by atoms with Gasteiger partial charge in [-0.05, 0) is 30.4 Å². The Bertz CT molecular complexity index is 337. The van der Waals surface area contributed by atoms with Gasteiger partial charge in [0, 0.05) is 4.47 Å². The van der Waals surface area contributed by atoms with Crippen LogP contribution in [-0.4, -0.2) is 12.2 Å². The van der Waals surface area contributed by atoms with Crippen LogP contribution in [0.15, 0.2) is 28.7 Å². The van der Waals surface area contributed by atoms with Gasteiger partial charge in [0.25, 0.3) is 0 Å². The highest BCUT2D eigenvalue weighted by Crippen LogP contribution is 2.36. The third kappa shape index (κ3) is 2.61. The molecular formula is C13H17BrO. The molecule has 0 aromatic heterocycles. The van der Waals surface area contributed by atoms with E-state index in [1.807, 2.05) is 0 Å². The predicted molar refractivity (Wildman–Crippen MR) is 66.1 cm³/mol. The summed E-state index contributed by atoms with van der Waals surface area (Å²) >= 11 is 3.60. The van der Waals surface area contributed by atoms with Crippen LogP contribution in [-0.2, 0) is 4.74 Å². The zero-order valence-electron chi connectivity index (χ0n) is 9.24. The van der Waals surface area contributed by atoms with Gasteiger partial charge in [-0.25, -0.2) is 0 Å². The smallest absolute Gasteiger partial charge is 0.0847 e. The fourth-order valence-corrected chi connectivity index (χ4v) is 2.77. The van der Waals surface area contributed by atoms with Crippen molar-refractivity contribution in [3.8, 4) is 0 Å². The van der Waals surface area contributed by atoms with Gasteiger partial charge in [0.15, 0.2) is 0 Å². The minimum atomic E-state index is 0.497. The summed E-state index contributed by atoms with van der Waals surface area (Å²) in [5, 5.41) is 0. The molecule has 1 fully saturated rings. The molecule has 1 aromatic carbocycles. The van der Waals surface area contributed by atoms with Gasteiger partial charge in [0.2, 0.25) is 0 Å². The summed E-state index contributed by atoms with van der Waals surface area (Å²) in [6.45, 7) is 4.46. The van der Waals surface area contributed by atoms with E-state index in [0.717, 1.165) is 12.8 Å². The standard InChI is InChI=1S/C13H17BrO/c1-3-12-13(15-12)8-9(2)10-6-4-5-7-11(10)14/h4-7,9,12-13H,3,8H2,1-2H3. The number of benzene rings is 1. The molecule has 1 nitrogen and oxygen atoms in total. The molecule has 0 radical (unpaired) electrons. The van der Waals surface area contributed by atoms with E-state index in [1.165, 1.54) is 10.0 Å². The maximum Gasteiger partial charge on any atom is 0.0847 e. The van der Waals surface area contributed by atoms with Crippen LogP contribution in [0.3, 0.4) is 0 Å². The molecule has 1 aliphatic heterocycles. The SMILES string of the molecule is CCC1OC1CC(C)c1ccccc1Br. The molecule has 3 atom stereocenters. The van der Waals surface area contributed by atoms with Crippen molar-refractivity contribution in [2.24, 2.45) is 0 Å². The number of epoxide rings is 1. The molecular weight excluding hydrogens is 252 g/mol. The summed E-state index contributed by atoms with van der Waals surface area (Å²) in [4.78, 5) is 0. The van der Waals surface area contributed by atoms with Crippen LogP contribution in [0.1, 0.15) is 38.2 Å². The summed E-state index contributed by atoms with van der Waals surface area (Å²) in [6.07, 6.45) is 3.31. The molecule has 0 amide bonds. The summed E-state index contributed by atoms with van der Waals surface area (Å²) < 4.78 is 6.80. The minimum Gasteiger partial charge on any atom is -0.370 e. The van der Waals surface area contributed by atoms with Crippen molar-refractivity contribution >= 4 is 15.9 Å². The third-order valence-electron chi connectivity index (χ3n) is 3.11. The highest BCUT2D eigenvalue weighted by Gasteiger charge is 2.37. The van der Waals surface area contributed by atoms with Crippen LogP contribution >= 0.6 is 15.9 Å². The lowest BCUT2D eigenvalue weighted by Gasteiger charge is -2.12. The molecule has 82 valence electrons. The maximum absolute atomic E-state index is 5.58. The third-order valence-corrected chi connectivity index (χ3v) is 3.83. The van der Waals surface area contributed by atoms with Crippen molar-refractivity contribution in [3.63, 3.8) is 0 Å². The Morgan fingerprint density at radius 1 is 1.33 bits per heavy atom. The van der Waals surface area contributed by atoms with E-state index in [2.05, 4.69) is 54.0 Å². The highest BCUT2D eigenvalue weighted by atomic mass is 79.9. The fourth-order valence-electron chi connectivity index (χ4n) is 2.10. The normalized spacial score (nSPS) is 26.3. The van der Waals surface area contributed by atoms with Crippen molar-refractivity contribution in [1.82, 2.24) is 0 Å². The van der Waals surface area contributed by atoms with Crippen LogP contribution in [0.5, 0.6) is 0 Å². The number of halogens is 1. The summed E-state index contributed by atoms with van der Waals surface area (Å²) in [5.74, 6) is 0.571. The second kappa shape index (κ2) is 4.67. The Labute approximate surface area is 100.0 Å². The van der Waals surface area contributed by atoms with Crippen molar-refractivity contribution in [3.05, 3.63) is 34.3 Å². The van der Waals surface area contributed by atoms with E-state index in [0.29, 0.717) is 18.1 Å². The molecule has 2 heteroatoms. The van der Waals surface area contributed by atoms with E-state index < -0.39 is 0 Å². The lowest BCUT2D eigenvalue weighted by molar-refractivity contribution is 0.353. The van der Waals surface area contributed by atoms with Gasteiger partial charge in [-0.15, -0.1) is 0 Å². The second-order valence-corrected chi connectivity index (χ2v) is 5.13. The van der Waals surface area contributed by atoms with Crippen LogP contribution < -0.4 is 0 Å². The topological polar surface area (TPSA) is 12.5 Å². The van der Waals surface area contributed by atoms with E-state index >= 15 is 0 Å². The molecule has 15 heavy (non-hydrogen) atoms. The predicted octanol–water partition coefficient (Wildman–Crippen LogP) is 4.12. The van der Waals surface area contributed by atoms with Crippen LogP contribution in [0.4, 0.5) is 0 Å². The average molecular weight is 269 g/mol. The van der Waals surface area contributed by atoms with Crippen LogP contribution in [0.25, 0.3) is 0 Å². The molecule has 3 unspecified atom stereocenters. The molecule has 0 bridgehead atoms. The molecule has 2 rings (SSSR count). The van der Waals surface area contributed by atoms with Crippen LogP contribution in [0, 0.1) is 0 Å². The Hall–Kier alpha value is -0.340. The zero-order valence-corrected chi connectivity index (χ0v) is 10.8. The second-order valence-electron chi connectivity index (χ2n) is 4.28. The Morgan fingerprint density at radius 2 is 2.07 bits per heavy atom. The summed E-state index contributed by atoms with van der Waals surface area (Å²) in [7, 11) is 0. The molecule has 0 saturated carbocycles. The number of rotatable bonds is 4. The summed E-state index contributed by atoms with van der Waals surface area (Å²) in [5.41, 5.74) is 1.39. The number of hydrogen-bond donors (Lipinski definition) is 0. The van der Waals surface area contributed by atoms with E-state index in [1.54, 1.807) is 0 Å². The first-order valence-corrected chi connectivity index (χ1v) is 6.41. The number of hydrogen-bond acceptors (Lipinski definition) is 1. The van der Waals surface area contributed by atoms with Gasteiger partial charge in [0.1, 0.15) is 0 Å². The van der Waals surface area contributed by atoms with E-state index in [-0.39, 0.29) is 0 Å². The van der Waals surface area contributed by atoms with Crippen molar-refractivity contribution in [2.45, 2.75) is 44.8 Å². The molecule has 1 heterocycles. The van der Waals surface area contributed by atoms with E-state index in [4.69, 9.17) is 4.74 Å². The lowest BCUT2D eigenvalue weighted by Crippen LogP contribution is -2.01. The highest BCUT2D eigenvalue weighted by molar-refractivity contribution is 9.10. The average Bonchev–Trinajstić information content (AvgIpc) is 2.97. The van der Waals surface area contributed by atoms with Gasteiger partial charge in [-0.3, -0.25) is 0 Å². The van der Waals surface area contributed by atoms with Gasteiger partial charge in [0.05, 0.1) is 12.2 Å². The van der Waals surface area contributed by atoms with Crippen molar-refractivity contribution < 1.29 is 4.74 Å². The molecule has 0 aliphatic carbocycles. The van der Waals surface area contributed by atoms with Gasteiger partial charge >= 0.3 is 0 Å². The Morgan fingerprint density at radius 3 is 2.67 bits per heavy atom.